The number of carbonyl (C=O) groups is 1. The van der Waals surface area contributed by atoms with E-state index >= 15 is 0 Å². The average Bonchev–Trinajstić information content (AvgIpc) is 2.27. The van der Waals surface area contributed by atoms with Crippen LogP contribution in [-0.4, -0.2) is 19.1 Å². The van der Waals surface area contributed by atoms with Gasteiger partial charge >= 0.3 is 0 Å². The molecule has 17 heavy (non-hydrogen) atoms. The summed E-state index contributed by atoms with van der Waals surface area (Å²) in [5.74, 6) is 1.46. The van der Waals surface area contributed by atoms with E-state index in [1.165, 1.54) is 12.5 Å². The highest BCUT2D eigenvalue weighted by molar-refractivity contribution is 5.72. The van der Waals surface area contributed by atoms with Gasteiger partial charge in [-0.05, 0) is 30.0 Å². The molecule has 1 rings (SSSR count). The van der Waals surface area contributed by atoms with Crippen LogP contribution in [0.2, 0.25) is 0 Å². The molecule has 3 heteroatoms. The van der Waals surface area contributed by atoms with E-state index in [1.54, 1.807) is 0 Å². The Labute approximate surface area is 103 Å². The Kier molecular flexibility index (Phi) is 5.53. The Balaban J connectivity index is 2.36. The van der Waals surface area contributed by atoms with Crippen molar-refractivity contribution in [2.75, 3.05) is 13.2 Å². The highest BCUT2D eigenvalue weighted by atomic mass is 16.5. The minimum Gasteiger partial charge on any atom is -0.493 e. The first-order valence-electron chi connectivity index (χ1n) is 6.04. The summed E-state index contributed by atoms with van der Waals surface area (Å²) in [4.78, 5) is 10.7. The first kappa shape index (κ1) is 13.6. The number of nitrogens with one attached hydrogen (secondary N) is 1. The van der Waals surface area contributed by atoms with Crippen LogP contribution in [0.5, 0.6) is 5.75 Å². The fourth-order valence-electron chi connectivity index (χ4n) is 1.40. The van der Waals surface area contributed by atoms with E-state index in [-0.39, 0.29) is 5.91 Å². The SMILES string of the molecule is CC(=O)NCCc1ccc(OCC(C)C)cc1. The van der Waals surface area contributed by atoms with Gasteiger partial charge in [-0.15, -0.1) is 0 Å². The standard InChI is InChI=1S/C14H21NO2/c1-11(2)10-17-14-6-4-13(5-7-14)8-9-15-12(3)16/h4-7,11H,8-10H2,1-3H3,(H,15,16). The molecule has 0 radical (unpaired) electrons. The highest BCUT2D eigenvalue weighted by Gasteiger charge is 1.98. The fourth-order valence-corrected chi connectivity index (χ4v) is 1.40. The molecule has 94 valence electrons. The molecular weight excluding hydrogens is 214 g/mol. The van der Waals surface area contributed by atoms with Gasteiger partial charge in [0.05, 0.1) is 6.61 Å². The maximum atomic E-state index is 10.7. The maximum absolute atomic E-state index is 10.7. The van der Waals surface area contributed by atoms with Crippen LogP contribution in [0.3, 0.4) is 0 Å². The molecule has 0 aliphatic carbocycles. The van der Waals surface area contributed by atoms with E-state index in [9.17, 15) is 4.79 Å². The van der Waals surface area contributed by atoms with Gasteiger partial charge in [-0.1, -0.05) is 26.0 Å². The molecule has 0 unspecified atom stereocenters. The fraction of sp³-hybridized carbons (Fsp3) is 0.500. The number of benzene rings is 1. The lowest BCUT2D eigenvalue weighted by Gasteiger charge is -2.09. The van der Waals surface area contributed by atoms with Crippen LogP contribution in [0.15, 0.2) is 24.3 Å². The van der Waals surface area contributed by atoms with Gasteiger partial charge in [-0.25, -0.2) is 0 Å². The van der Waals surface area contributed by atoms with Crippen molar-refractivity contribution in [2.45, 2.75) is 27.2 Å². The first-order chi connectivity index (χ1) is 8.08. The van der Waals surface area contributed by atoms with E-state index in [0.29, 0.717) is 12.5 Å². The summed E-state index contributed by atoms with van der Waals surface area (Å²) in [5, 5.41) is 2.78. The largest absolute Gasteiger partial charge is 0.493 e. The Morgan fingerprint density at radius 3 is 2.47 bits per heavy atom. The first-order valence-corrected chi connectivity index (χ1v) is 6.04. The molecule has 0 heterocycles. The molecule has 0 aromatic heterocycles. The maximum Gasteiger partial charge on any atom is 0.216 e. The Morgan fingerprint density at radius 1 is 1.29 bits per heavy atom. The van der Waals surface area contributed by atoms with Gasteiger partial charge in [0.1, 0.15) is 5.75 Å². The quantitative estimate of drug-likeness (QED) is 0.822. The van der Waals surface area contributed by atoms with Crippen molar-refractivity contribution in [1.82, 2.24) is 5.32 Å². The monoisotopic (exact) mass is 235 g/mol. The van der Waals surface area contributed by atoms with Crippen molar-refractivity contribution in [3.8, 4) is 5.75 Å². The summed E-state index contributed by atoms with van der Waals surface area (Å²) in [6.45, 7) is 7.21. The molecule has 1 aromatic rings. The van der Waals surface area contributed by atoms with Gasteiger partial charge in [0.2, 0.25) is 5.91 Å². The molecular formula is C14H21NO2. The van der Waals surface area contributed by atoms with E-state index in [4.69, 9.17) is 4.74 Å². The molecule has 1 N–H and O–H groups in total. The molecule has 0 bridgehead atoms. The van der Waals surface area contributed by atoms with E-state index < -0.39 is 0 Å². The van der Waals surface area contributed by atoms with Crippen LogP contribution in [-0.2, 0) is 11.2 Å². The predicted octanol–water partition coefficient (Wildman–Crippen LogP) is 2.40. The summed E-state index contributed by atoms with van der Waals surface area (Å²) in [6, 6.07) is 8.03. The molecule has 1 aromatic carbocycles. The topological polar surface area (TPSA) is 38.3 Å². The van der Waals surface area contributed by atoms with Crippen molar-refractivity contribution in [3.63, 3.8) is 0 Å². The molecule has 1 amide bonds. The van der Waals surface area contributed by atoms with E-state index in [2.05, 4.69) is 19.2 Å². The summed E-state index contributed by atoms with van der Waals surface area (Å²) < 4.78 is 5.60. The smallest absolute Gasteiger partial charge is 0.216 e. The lowest BCUT2D eigenvalue weighted by atomic mass is 10.1. The van der Waals surface area contributed by atoms with Crippen LogP contribution >= 0.6 is 0 Å². The molecule has 0 saturated heterocycles. The van der Waals surface area contributed by atoms with Crippen LogP contribution in [0.1, 0.15) is 26.3 Å². The third-order valence-electron chi connectivity index (χ3n) is 2.29. The number of amides is 1. The zero-order valence-corrected chi connectivity index (χ0v) is 10.8. The van der Waals surface area contributed by atoms with Crippen LogP contribution < -0.4 is 10.1 Å². The van der Waals surface area contributed by atoms with Gasteiger partial charge in [0.25, 0.3) is 0 Å². The van der Waals surface area contributed by atoms with Gasteiger partial charge in [-0.2, -0.15) is 0 Å². The molecule has 0 saturated carbocycles. The van der Waals surface area contributed by atoms with Crippen molar-refractivity contribution in [2.24, 2.45) is 5.92 Å². The highest BCUT2D eigenvalue weighted by Crippen LogP contribution is 2.13. The number of rotatable bonds is 6. The van der Waals surface area contributed by atoms with Crippen molar-refractivity contribution >= 4 is 5.91 Å². The number of ether oxygens (including phenoxy) is 1. The minimum atomic E-state index is 0.0156. The van der Waals surface area contributed by atoms with Gasteiger partial charge in [-0.3, -0.25) is 4.79 Å². The summed E-state index contributed by atoms with van der Waals surface area (Å²) in [7, 11) is 0. The lowest BCUT2D eigenvalue weighted by molar-refractivity contribution is -0.118. The second-order valence-electron chi connectivity index (χ2n) is 4.58. The lowest BCUT2D eigenvalue weighted by Crippen LogP contribution is -2.22. The molecule has 0 spiro atoms. The average molecular weight is 235 g/mol. The van der Waals surface area contributed by atoms with Crippen LogP contribution in [0.25, 0.3) is 0 Å². The molecule has 0 aliphatic rings. The zero-order valence-electron chi connectivity index (χ0n) is 10.8. The van der Waals surface area contributed by atoms with Gasteiger partial charge in [0.15, 0.2) is 0 Å². The minimum absolute atomic E-state index is 0.0156. The van der Waals surface area contributed by atoms with Crippen molar-refractivity contribution in [1.29, 1.82) is 0 Å². The molecule has 0 atom stereocenters. The van der Waals surface area contributed by atoms with Crippen LogP contribution in [0, 0.1) is 5.92 Å². The van der Waals surface area contributed by atoms with Gasteiger partial charge < -0.3 is 10.1 Å². The summed E-state index contributed by atoms with van der Waals surface area (Å²) >= 11 is 0. The predicted molar refractivity (Wildman–Crippen MR) is 69.2 cm³/mol. The van der Waals surface area contributed by atoms with Crippen molar-refractivity contribution < 1.29 is 9.53 Å². The summed E-state index contributed by atoms with van der Waals surface area (Å²) in [6.07, 6.45) is 0.851. The Hall–Kier alpha value is -1.51. The third kappa shape index (κ3) is 5.95. The second kappa shape index (κ2) is 6.94. The van der Waals surface area contributed by atoms with Crippen LogP contribution in [0.4, 0.5) is 0 Å². The van der Waals surface area contributed by atoms with E-state index in [1.807, 2.05) is 24.3 Å². The van der Waals surface area contributed by atoms with Gasteiger partial charge in [0, 0.05) is 13.5 Å². The number of hydrogen-bond acceptors (Lipinski definition) is 2. The molecule has 0 aliphatic heterocycles. The Bertz CT molecular complexity index is 344. The number of hydrogen-bond donors (Lipinski definition) is 1. The van der Waals surface area contributed by atoms with E-state index in [0.717, 1.165) is 18.8 Å². The normalized spacial score (nSPS) is 10.4. The third-order valence-corrected chi connectivity index (χ3v) is 2.29. The molecule has 3 nitrogen and oxygen atoms in total. The number of carbonyl (C=O) groups excluding carboxylic acids is 1. The molecule has 0 fully saturated rings. The summed E-state index contributed by atoms with van der Waals surface area (Å²) in [5.41, 5.74) is 1.20. The second-order valence-corrected chi connectivity index (χ2v) is 4.58. The van der Waals surface area contributed by atoms with Crippen molar-refractivity contribution in [3.05, 3.63) is 29.8 Å². The zero-order chi connectivity index (χ0) is 12.7. The Morgan fingerprint density at radius 2 is 1.94 bits per heavy atom.